The Hall–Kier alpha value is -2.69. The van der Waals surface area contributed by atoms with E-state index in [1.807, 2.05) is 39.0 Å². The number of carbonyl (C=O) groups excluding carboxylic acids is 1. The molecule has 3 rings (SSSR count). The van der Waals surface area contributed by atoms with Crippen molar-refractivity contribution >= 4 is 6.16 Å². The van der Waals surface area contributed by atoms with E-state index in [1.165, 1.54) is 6.42 Å². The summed E-state index contributed by atoms with van der Waals surface area (Å²) in [4.78, 5) is 12.2. The smallest absolute Gasteiger partial charge is 0.508 e. The quantitative estimate of drug-likeness (QED) is 0.251. The molecule has 0 aromatic heterocycles. The van der Waals surface area contributed by atoms with Gasteiger partial charge in [0, 0.05) is 17.5 Å². The van der Waals surface area contributed by atoms with E-state index in [1.54, 1.807) is 18.2 Å². The molecular formula is C28H38O5. The standard InChI is InChI=1S/C28H38O5/c1-6-8-9-16-28(15-7-2)19-24(23-14-13-21(29)18-25(23)32-28)20-11-10-12-22(17-20)31-26(30)33-27(3,4)5/h10-14,17-18,24,29H,6-9,15-16,19H2,1-5H3. The van der Waals surface area contributed by atoms with Gasteiger partial charge in [-0.25, -0.2) is 4.79 Å². The lowest BCUT2D eigenvalue weighted by molar-refractivity contribution is 0.0185. The predicted molar refractivity (Wildman–Crippen MR) is 130 cm³/mol. The number of rotatable bonds is 8. The Balaban J connectivity index is 1.94. The fourth-order valence-electron chi connectivity index (χ4n) is 4.70. The highest BCUT2D eigenvalue weighted by Crippen LogP contribution is 2.49. The minimum absolute atomic E-state index is 0.0738. The highest BCUT2D eigenvalue weighted by atomic mass is 16.7. The molecule has 2 aromatic rings. The van der Waals surface area contributed by atoms with Crippen LogP contribution in [-0.4, -0.2) is 22.5 Å². The first-order valence-corrected chi connectivity index (χ1v) is 12.2. The normalized spacial score (nSPS) is 20.0. The average Bonchev–Trinajstić information content (AvgIpc) is 2.72. The van der Waals surface area contributed by atoms with Crippen molar-refractivity contribution in [3.05, 3.63) is 53.6 Å². The van der Waals surface area contributed by atoms with Gasteiger partial charge < -0.3 is 19.3 Å². The van der Waals surface area contributed by atoms with Gasteiger partial charge in [-0.1, -0.05) is 51.3 Å². The molecule has 0 amide bonds. The lowest BCUT2D eigenvalue weighted by atomic mass is 9.75. The van der Waals surface area contributed by atoms with Crippen molar-refractivity contribution in [1.29, 1.82) is 0 Å². The average molecular weight is 455 g/mol. The fraction of sp³-hybridized carbons (Fsp3) is 0.536. The summed E-state index contributed by atoms with van der Waals surface area (Å²) < 4.78 is 17.4. The number of fused-ring (bicyclic) bond motifs is 1. The predicted octanol–water partition coefficient (Wildman–Crippen LogP) is 7.74. The van der Waals surface area contributed by atoms with Crippen molar-refractivity contribution in [1.82, 2.24) is 0 Å². The van der Waals surface area contributed by atoms with Crippen molar-refractivity contribution in [3.63, 3.8) is 0 Å². The third-order valence-electron chi connectivity index (χ3n) is 6.07. The number of hydrogen-bond acceptors (Lipinski definition) is 5. The van der Waals surface area contributed by atoms with Gasteiger partial charge in [0.2, 0.25) is 0 Å². The third-order valence-corrected chi connectivity index (χ3v) is 6.07. The zero-order chi connectivity index (χ0) is 24.1. The van der Waals surface area contributed by atoms with Crippen molar-refractivity contribution in [3.8, 4) is 17.2 Å². The van der Waals surface area contributed by atoms with Crippen LogP contribution in [0.25, 0.3) is 0 Å². The van der Waals surface area contributed by atoms with Crippen LogP contribution in [0, 0.1) is 0 Å². The van der Waals surface area contributed by atoms with Crippen molar-refractivity contribution in [2.75, 3.05) is 0 Å². The third kappa shape index (κ3) is 6.66. The topological polar surface area (TPSA) is 65.0 Å². The van der Waals surface area contributed by atoms with Gasteiger partial charge in [0.05, 0.1) is 0 Å². The number of benzene rings is 2. The molecule has 180 valence electrons. The van der Waals surface area contributed by atoms with Gasteiger partial charge in [0.15, 0.2) is 0 Å². The molecule has 2 aromatic carbocycles. The van der Waals surface area contributed by atoms with Gasteiger partial charge >= 0.3 is 6.16 Å². The Kier molecular flexibility index (Phi) is 7.93. The maximum Gasteiger partial charge on any atom is 0.514 e. The van der Waals surface area contributed by atoms with Crippen LogP contribution < -0.4 is 9.47 Å². The number of ether oxygens (including phenoxy) is 3. The summed E-state index contributed by atoms with van der Waals surface area (Å²) in [5.74, 6) is 1.48. The molecule has 0 saturated carbocycles. The van der Waals surface area contributed by atoms with E-state index in [9.17, 15) is 9.90 Å². The Morgan fingerprint density at radius 3 is 2.58 bits per heavy atom. The second kappa shape index (κ2) is 10.5. The summed E-state index contributed by atoms with van der Waals surface area (Å²) in [5, 5.41) is 10.1. The van der Waals surface area contributed by atoms with Crippen LogP contribution in [0.5, 0.6) is 17.2 Å². The van der Waals surface area contributed by atoms with Gasteiger partial charge in [-0.15, -0.1) is 0 Å². The second-order valence-corrected chi connectivity index (χ2v) is 10.1. The van der Waals surface area contributed by atoms with Crippen molar-refractivity contribution in [2.45, 2.75) is 96.7 Å². The zero-order valence-electron chi connectivity index (χ0n) is 20.6. The lowest BCUT2D eigenvalue weighted by Gasteiger charge is -2.43. The Bertz CT molecular complexity index is 946. The number of aromatic hydroxyl groups is 1. The van der Waals surface area contributed by atoms with Gasteiger partial charge in [-0.2, -0.15) is 0 Å². The monoisotopic (exact) mass is 454 g/mol. The summed E-state index contributed by atoms with van der Waals surface area (Å²) in [7, 11) is 0. The van der Waals surface area contributed by atoms with E-state index >= 15 is 0 Å². The number of carbonyl (C=O) groups is 1. The van der Waals surface area contributed by atoms with Crippen LogP contribution in [0.3, 0.4) is 0 Å². The molecule has 1 aliphatic heterocycles. The maximum absolute atomic E-state index is 12.2. The first kappa shape index (κ1) is 24.9. The van der Waals surface area contributed by atoms with Crippen molar-refractivity contribution in [2.24, 2.45) is 0 Å². The van der Waals surface area contributed by atoms with Crippen LogP contribution >= 0.6 is 0 Å². The summed E-state index contributed by atoms with van der Waals surface area (Å²) >= 11 is 0. The molecule has 0 saturated heterocycles. The molecule has 0 bridgehead atoms. The van der Waals surface area contributed by atoms with Crippen LogP contribution in [0.1, 0.15) is 96.6 Å². The highest BCUT2D eigenvalue weighted by molar-refractivity contribution is 5.64. The molecule has 1 heterocycles. The first-order chi connectivity index (χ1) is 15.6. The van der Waals surface area contributed by atoms with Crippen LogP contribution in [0.4, 0.5) is 4.79 Å². The summed E-state index contributed by atoms with van der Waals surface area (Å²) in [6.45, 7) is 9.83. The molecule has 0 radical (unpaired) electrons. The Morgan fingerprint density at radius 1 is 1.09 bits per heavy atom. The van der Waals surface area contributed by atoms with E-state index in [2.05, 4.69) is 19.9 Å². The van der Waals surface area contributed by atoms with E-state index < -0.39 is 11.8 Å². The van der Waals surface area contributed by atoms with Gasteiger partial charge in [0.25, 0.3) is 0 Å². The van der Waals surface area contributed by atoms with Crippen LogP contribution in [0.2, 0.25) is 0 Å². The Labute approximate surface area is 198 Å². The first-order valence-electron chi connectivity index (χ1n) is 12.2. The fourth-order valence-corrected chi connectivity index (χ4v) is 4.70. The molecule has 1 N–H and O–H groups in total. The number of phenolic OH excluding ortho intramolecular Hbond substituents is 1. The van der Waals surface area contributed by atoms with Gasteiger partial charge in [-0.3, -0.25) is 0 Å². The van der Waals surface area contributed by atoms with Gasteiger partial charge in [0.1, 0.15) is 28.5 Å². The number of unbranched alkanes of at least 4 members (excludes halogenated alkanes) is 2. The minimum atomic E-state index is -0.711. The van der Waals surface area contributed by atoms with Crippen molar-refractivity contribution < 1.29 is 24.1 Å². The molecule has 5 heteroatoms. The van der Waals surface area contributed by atoms with Crippen LogP contribution in [0.15, 0.2) is 42.5 Å². The Morgan fingerprint density at radius 2 is 1.88 bits per heavy atom. The lowest BCUT2D eigenvalue weighted by Crippen LogP contribution is -2.41. The SMILES string of the molecule is CCCCCC1(CCC)CC(c2cccc(OC(=O)OC(C)(C)C)c2)c2ccc(O)cc2O1. The molecule has 1 aliphatic rings. The molecule has 2 atom stereocenters. The molecule has 33 heavy (non-hydrogen) atoms. The van der Waals surface area contributed by atoms with E-state index in [4.69, 9.17) is 14.2 Å². The number of hydrogen-bond donors (Lipinski definition) is 1. The summed E-state index contributed by atoms with van der Waals surface area (Å²) in [6.07, 6.45) is 6.53. The molecule has 0 fully saturated rings. The molecule has 2 unspecified atom stereocenters. The molecule has 0 spiro atoms. The van der Waals surface area contributed by atoms with E-state index in [0.29, 0.717) is 5.75 Å². The minimum Gasteiger partial charge on any atom is -0.508 e. The zero-order valence-corrected chi connectivity index (χ0v) is 20.6. The largest absolute Gasteiger partial charge is 0.514 e. The summed E-state index contributed by atoms with van der Waals surface area (Å²) in [5.41, 5.74) is 1.21. The molecule has 5 nitrogen and oxygen atoms in total. The maximum atomic E-state index is 12.2. The van der Waals surface area contributed by atoms with E-state index in [0.717, 1.165) is 55.4 Å². The highest BCUT2D eigenvalue weighted by Gasteiger charge is 2.40. The summed E-state index contributed by atoms with van der Waals surface area (Å²) in [6, 6.07) is 13.0. The van der Waals surface area contributed by atoms with Gasteiger partial charge in [-0.05, 0) is 70.2 Å². The number of phenols is 1. The van der Waals surface area contributed by atoms with E-state index in [-0.39, 0.29) is 17.3 Å². The van der Waals surface area contributed by atoms with Crippen LogP contribution in [-0.2, 0) is 4.74 Å². The molecule has 0 aliphatic carbocycles. The molecular weight excluding hydrogens is 416 g/mol. The second-order valence-electron chi connectivity index (χ2n) is 10.1.